The number of β-amino-alcohol motifs (C(OH)–C–C–N with tert-alkyl or cyclic N) is 1. The average molecular weight is 293 g/mol. The van der Waals surface area contributed by atoms with Gasteiger partial charge in [-0.3, -0.25) is 15.1 Å². The number of aliphatic hydroxyl groups is 1. The molecule has 8 nitrogen and oxygen atoms in total. The smallest absolute Gasteiger partial charge is 0.331 e. The first kappa shape index (κ1) is 14.0. The molecule has 1 N–H and O–H groups in total. The highest BCUT2D eigenvalue weighted by Gasteiger charge is 2.35. The standard InChI is InChI=1S/C13H19N5O3/c1-14-9-4-5-16(8-11(19)6-9)13-12(18(20)21)7-15-17(13)10-2-3-10/h7,9-11,19H,1-6,8H2. The number of hydrogen-bond donors (Lipinski definition) is 1. The zero-order valence-corrected chi connectivity index (χ0v) is 11.8. The van der Waals surface area contributed by atoms with Crippen LogP contribution in [0.3, 0.4) is 0 Å². The zero-order valence-electron chi connectivity index (χ0n) is 11.8. The molecule has 2 aliphatic rings. The van der Waals surface area contributed by atoms with Crippen LogP contribution in [-0.4, -0.2) is 51.8 Å². The Labute approximate surface area is 122 Å². The maximum atomic E-state index is 11.2. The molecule has 0 radical (unpaired) electrons. The lowest BCUT2D eigenvalue weighted by molar-refractivity contribution is -0.384. The fraction of sp³-hybridized carbons (Fsp3) is 0.692. The summed E-state index contributed by atoms with van der Waals surface area (Å²) in [6, 6.07) is 0.253. The predicted molar refractivity (Wildman–Crippen MR) is 77.9 cm³/mol. The second-order valence-electron chi connectivity index (χ2n) is 5.75. The van der Waals surface area contributed by atoms with E-state index in [0.717, 1.165) is 19.3 Å². The normalized spacial score (nSPS) is 26.4. The third kappa shape index (κ3) is 2.76. The minimum Gasteiger partial charge on any atom is -0.391 e. The summed E-state index contributed by atoms with van der Waals surface area (Å²) in [4.78, 5) is 16.7. The van der Waals surface area contributed by atoms with Crippen molar-refractivity contribution in [1.82, 2.24) is 9.78 Å². The van der Waals surface area contributed by atoms with Crippen molar-refractivity contribution in [3.05, 3.63) is 16.3 Å². The molecule has 8 heteroatoms. The fourth-order valence-corrected chi connectivity index (χ4v) is 2.88. The monoisotopic (exact) mass is 293 g/mol. The van der Waals surface area contributed by atoms with Crippen LogP contribution in [0.15, 0.2) is 11.2 Å². The van der Waals surface area contributed by atoms with Gasteiger partial charge in [0.1, 0.15) is 6.20 Å². The minimum absolute atomic E-state index is 0.00125. The number of nitrogens with zero attached hydrogens (tertiary/aromatic N) is 5. The summed E-state index contributed by atoms with van der Waals surface area (Å²) in [6.07, 6.45) is 4.02. The molecule has 1 aliphatic carbocycles. The Kier molecular flexibility index (Phi) is 3.62. The summed E-state index contributed by atoms with van der Waals surface area (Å²) >= 11 is 0. The van der Waals surface area contributed by atoms with E-state index < -0.39 is 11.0 Å². The number of rotatable bonds is 4. The molecule has 1 saturated heterocycles. The van der Waals surface area contributed by atoms with E-state index in [0.29, 0.717) is 25.3 Å². The molecular formula is C13H19N5O3. The van der Waals surface area contributed by atoms with Crippen molar-refractivity contribution < 1.29 is 10.0 Å². The van der Waals surface area contributed by atoms with Crippen LogP contribution >= 0.6 is 0 Å². The van der Waals surface area contributed by atoms with Crippen molar-refractivity contribution in [1.29, 1.82) is 0 Å². The molecule has 1 saturated carbocycles. The van der Waals surface area contributed by atoms with Gasteiger partial charge in [0.25, 0.3) is 0 Å². The van der Waals surface area contributed by atoms with E-state index in [2.05, 4.69) is 16.8 Å². The fourth-order valence-electron chi connectivity index (χ4n) is 2.88. The van der Waals surface area contributed by atoms with Gasteiger partial charge >= 0.3 is 5.69 Å². The van der Waals surface area contributed by atoms with Crippen LogP contribution in [0.25, 0.3) is 0 Å². The van der Waals surface area contributed by atoms with Gasteiger partial charge in [-0.05, 0) is 32.4 Å². The van der Waals surface area contributed by atoms with E-state index in [9.17, 15) is 15.2 Å². The molecule has 1 aromatic rings. The Bertz CT molecular complexity index is 554. The first-order valence-electron chi connectivity index (χ1n) is 7.21. The van der Waals surface area contributed by atoms with Gasteiger partial charge in [0.15, 0.2) is 0 Å². The van der Waals surface area contributed by atoms with Gasteiger partial charge in [-0.1, -0.05) is 0 Å². The quantitative estimate of drug-likeness (QED) is 0.510. The highest BCUT2D eigenvalue weighted by molar-refractivity contribution is 5.58. The van der Waals surface area contributed by atoms with Crippen molar-refractivity contribution >= 4 is 18.2 Å². The average Bonchev–Trinajstić information content (AvgIpc) is 3.22. The summed E-state index contributed by atoms with van der Waals surface area (Å²) in [6.45, 7) is 4.52. The number of aliphatic imine (C=N–C) groups is 1. The van der Waals surface area contributed by atoms with Gasteiger partial charge in [0, 0.05) is 13.1 Å². The molecule has 3 rings (SSSR count). The van der Waals surface area contributed by atoms with Crippen molar-refractivity contribution in [2.24, 2.45) is 4.99 Å². The van der Waals surface area contributed by atoms with E-state index in [1.165, 1.54) is 6.20 Å². The molecule has 2 atom stereocenters. The van der Waals surface area contributed by atoms with E-state index >= 15 is 0 Å². The Hall–Kier alpha value is -1.96. The summed E-state index contributed by atoms with van der Waals surface area (Å²) in [7, 11) is 0. The number of aromatic nitrogens is 2. The van der Waals surface area contributed by atoms with Crippen LogP contribution in [0, 0.1) is 10.1 Å². The second kappa shape index (κ2) is 5.44. The summed E-state index contributed by atoms with van der Waals surface area (Å²) in [5, 5.41) is 25.5. The SMILES string of the molecule is C=NC1CCN(c2c([N+](=O)[O-])cnn2C2CC2)CC(O)C1. The van der Waals surface area contributed by atoms with Crippen molar-refractivity contribution in [3.63, 3.8) is 0 Å². The first-order chi connectivity index (χ1) is 10.1. The Balaban J connectivity index is 1.92. The Morgan fingerprint density at radius 3 is 2.86 bits per heavy atom. The van der Waals surface area contributed by atoms with Crippen LogP contribution in [-0.2, 0) is 0 Å². The topological polar surface area (TPSA) is 96.8 Å². The molecule has 1 aromatic heterocycles. The van der Waals surface area contributed by atoms with E-state index in [1.807, 2.05) is 4.90 Å². The molecule has 0 amide bonds. The second-order valence-corrected chi connectivity index (χ2v) is 5.75. The molecule has 1 aliphatic heterocycles. The van der Waals surface area contributed by atoms with Crippen LogP contribution < -0.4 is 4.90 Å². The van der Waals surface area contributed by atoms with Crippen LogP contribution in [0.1, 0.15) is 31.7 Å². The maximum absolute atomic E-state index is 11.2. The summed E-state index contributed by atoms with van der Waals surface area (Å²) < 4.78 is 1.74. The van der Waals surface area contributed by atoms with Gasteiger partial charge in [0.05, 0.1) is 23.1 Å². The molecule has 21 heavy (non-hydrogen) atoms. The van der Waals surface area contributed by atoms with Crippen molar-refractivity contribution in [3.8, 4) is 0 Å². The molecule has 0 spiro atoms. The van der Waals surface area contributed by atoms with E-state index in [4.69, 9.17) is 0 Å². The molecule has 0 aromatic carbocycles. The predicted octanol–water partition coefficient (Wildman–Crippen LogP) is 1.16. The van der Waals surface area contributed by atoms with Crippen molar-refractivity contribution in [2.75, 3.05) is 18.0 Å². The van der Waals surface area contributed by atoms with E-state index in [-0.39, 0.29) is 17.8 Å². The van der Waals surface area contributed by atoms with Gasteiger partial charge in [-0.15, -0.1) is 0 Å². The molecule has 0 bridgehead atoms. The highest BCUT2D eigenvalue weighted by Crippen LogP contribution is 2.41. The van der Waals surface area contributed by atoms with Crippen LogP contribution in [0.2, 0.25) is 0 Å². The van der Waals surface area contributed by atoms with Crippen LogP contribution in [0.5, 0.6) is 0 Å². The largest absolute Gasteiger partial charge is 0.391 e. The van der Waals surface area contributed by atoms with E-state index in [1.54, 1.807) is 4.68 Å². The lowest BCUT2D eigenvalue weighted by Crippen LogP contribution is -2.33. The lowest BCUT2D eigenvalue weighted by Gasteiger charge is -2.24. The van der Waals surface area contributed by atoms with Crippen molar-refractivity contribution in [2.45, 2.75) is 43.9 Å². The number of hydrogen-bond acceptors (Lipinski definition) is 6. The molecule has 2 heterocycles. The Morgan fingerprint density at radius 2 is 2.24 bits per heavy atom. The lowest BCUT2D eigenvalue weighted by atomic mass is 10.1. The Morgan fingerprint density at radius 1 is 1.48 bits per heavy atom. The minimum atomic E-state index is -0.565. The van der Waals surface area contributed by atoms with Gasteiger partial charge in [0.2, 0.25) is 5.82 Å². The zero-order chi connectivity index (χ0) is 15.0. The summed E-state index contributed by atoms with van der Waals surface area (Å²) in [5.41, 5.74) is 0.0131. The van der Waals surface area contributed by atoms with Crippen LogP contribution in [0.4, 0.5) is 11.5 Å². The number of aliphatic hydroxyl groups excluding tert-OH is 1. The number of nitro groups is 1. The molecule has 114 valence electrons. The van der Waals surface area contributed by atoms with Gasteiger partial charge < -0.3 is 10.0 Å². The number of anilines is 1. The molecular weight excluding hydrogens is 274 g/mol. The molecule has 2 unspecified atom stereocenters. The van der Waals surface area contributed by atoms with Gasteiger partial charge in [-0.2, -0.15) is 5.10 Å². The first-order valence-corrected chi connectivity index (χ1v) is 7.21. The maximum Gasteiger partial charge on any atom is 0.331 e. The summed E-state index contributed by atoms with van der Waals surface area (Å²) in [5.74, 6) is 0.520. The third-order valence-electron chi connectivity index (χ3n) is 4.11. The van der Waals surface area contributed by atoms with Gasteiger partial charge in [-0.25, -0.2) is 4.68 Å². The third-order valence-corrected chi connectivity index (χ3v) is 4.11. The molecule has 2 fully saturated rings. The highest BCUT2D eigenvalue weighted by atomic mass is 16.6.